The van der Waals surface area contributed by atoms with Crippen molar-refractivity contribution in [2.45, 2.75) is 30.8 Å². The minimum atomic E-state index is -5.98. The van der Waals surface area contributed by atoms with Gasteiger partial charge < -0.3 is 10.5 Å². The normalized spacial score (nSPS) is 13.9. The number of ether oxygens (including phenoxy) is 1. The predicted octanol–water partition coefficient (Wildman–Crippen LogP) is 5.59. The third-order valence-corrected chi connectivity index (χ3v) is 4.34. The number of hydrogen-bond donors (Lipinski definition) is 1. The number of rotatable bonds is 4. The summed E-state index contributed by atoms with van der Waals surface area (Å²) in [5, 5.41) is 0.283. The Bertz CT molecular complexity index is 817. The van der Waals surface area contributed by atoms with Crippen molar-refractivity contribution in [2.75, 3.05) is 5.73 Å². The van der Waals surface area contributed by atoms with E-state index in [0.29, 0.717) is 12.1 Å². The van der Waals surface area contributed by atoms with Crippen molar-refractivity contribution in [1.82, 2.24) is 0 Å². The highest BCUT2D eigenvalue weighted by atomic mass is 35.5. The lowest BCUT2D eigenvalue weighted by Crippen LogP contribution is -2.57. The fraction of sp³-hybridized carbons (Fsp3) is 0.278. The highest BCUT2D eigenvalue weighted by Crippen LogP contribution is 2.53. The summed E-state index contributed by atoms with van der Waals surface area (Å²) in [6.07, 6.45) is -12.0. The van der Waals surface area contributed by atoms with Crippen LogP contribution < -0.4 is 5.73 Å². The van der Waals surface area contributed by atoms with Crippen LogP contribution in [0.1, 0.15) is 24.0 Å². The van der Waals surface area contributed by atoms with E-state index in [2.05, 4.69) is 4.74 Å². The SMILES string of the molecule is CC(C(=O)OC(c1ccc(N)cc1)(C(F)(F)F)C(F)(F)F)c1ccc(Cl)cc1. The summed E-state index contributed by atoms with van der Waals surface area (Å²) < 4.78 is 86.3. The van der Waals surface area contributed by atoms with Gasteiger partial charge in [0.25, 0.3) is 0 Å². The van der Waals surface area contributed by atoms with Gasteiger partial charge in [0.2, 0.25) is 0 Å². The lowest BCUT2D eigenvalue weighted by molar-refractivity contribution is -0.378. The third kappa shape index (κ3) is 4.04. The molecule has 0 amide bonds. The van der Waals surface area contributed by atoms with Crippen LogP contribution in [0.3, 0.4) is 0 Å². The second-order valence-corrected chi connectivity index (χ2v) is 6.43. The Balaban J connectivity index is 2.54. The van der Waals surface area contributed by atoms with Crippen LogP contribution in [-0.2, 0) is 15.1 Å². The van der Waals surface area contributed by atoms with Crippen LogP contribution in [0.15, 0.2) is 48.5 Å². The molecular formula is C18H14ClF6NO2. The number of nitrogens with two attached hydrogens (primary N) is 1. The van der Waals surface area contributed by atoms with E-state index >= 15 is 0 Å². The first-order valence-electron chi connectivity index (χ1n) is 7.77. The maximum Gasteiger partial charge on any atom is 0.442 e. The smallest absolute Gasteiger partial charge is 0.434 e. The maximum atomic E-state index is 13.7. The molecule has 1 atom stereocenters. The highest BCUT2D eigenvalue weighted by molar-refractivity contribution is 6.30. The van der Waals surface area contributed by atoms with E-state index < -0.39 is 35.4 Å². The van der Waals surface area contributed by atoms with Gasteiger partial charge in [-0.15, -0.1) is 0 Å². The van der Waals surface area contributed by atoms with Gasteiger partial charge in [-0.3, -0.25) is 4.79 Å². The van der Waals surface area contributed by atoms with Crippen molar-refractivity contribution in [3.63, 3.8) is 0 Å². The zero-order valence-corrected chi connectivity index (χ0v) is 15.0. The molecule has 2 N–H and O–H groups in total. The molecule has 0 saturated carbocycles. The topological polar surface area (TPSA) is 52.3 Å². The van der Waals surface area contributed by atoms with Gasteiger partial charge in [-0.1, -0.05) is 35.9 Å². The molecule has 0 spiro atoms. The minimum Gasteiger partial charge on any atom is -0.434 e. The largest absolute Gasteiger partial charge is 0.442 e. The Morgan fingerprint density at radius 2 is 1.39 bits per heavy atom. The number of alkyl halides is 6. The molecule has 152 valence electrons. The van der Waals surface area contributed by atoms with Gasteiger partial charge in [0.05, 0.1) is 5.92 Å². The third-order valence-electron chi connectivity index (χ3n) is 4.09. The summed E-state index contributed by atoms with van der Waals surface area (Å²) in [6, 6.07) is 8.08. The summed E-state index contributed by atoms with van der Waals surface area (Å²) >= 11 is 5.69. The highest BCUT2D eigenvalue weighted by Gasteiger charge is 2.75. The zero-order valence-electron chi connectivity index (χ0n) is 14.2. The van der Waals surface area contributed by atoms with E-state index in [4.69, 9.17) is 17.3 Å². The van der Waals surface area contributed by atoms with Crippen molar-refractivity contribution >= 4 is 23.3 Å². The van der Waals surface area contributed by atoms with Crippen LogP contribution in [0, 0.1) is 0 Å². The molecular weight excluding hydrogens is 412 g/mol. The molecule has 2 rings (SSSR count). The quantitative estimate of drug-likeness (QED) is 0.395. The standard InChI is InChI=1S/C18H14ClF6NO2/c1-10(11-2-6-13(19)7-3-11)15(27)28-16(17(20,21)22,18(23,24)25)12-4-8-14(26)9-5-12/h2-10H,26H2,1H3. The number of hydrogen-bond acceptors (Lipinski definition) is 3. The molecule has 2 aromatic carbocycles. The number of benzene rings is 2. The number of nitrogen functional groups attached to an aromatic ring is 1. The molecule has 3 nitrogen and oxygen atoms in total. The lowest BCUT2D eigenvalue weighted by atomic mass is 9.91. The molecule has 10 heteroatoms. The molecule has 0 aromatic heterocycles. The fourth-order valence-corrected chi connectivity index (χ4v) is 2.63. The maximum absolute atomic E-state index is 13.7. The summed E-state index contributed by atoms with van der Waals surface area (Å²) in [4.78, 5) is 12.3. The van der Waals surface area contributed by atoms with Crippen LogP contribution in [0.5, 0.6) is 0 Å². The molecule has 28 heavy (non-hydrogen) atoms. The molecule has 1 unspecified atom stereocenters. The molecule has 0 fully saturated rings. The Labute approximate surface area is 161 Å². The molecule has 0 heterocycles. The van der Waals surface area contributed by atoms with Gasteiger partial charge in [0, 0.05) is 16.3 Å². The minimum absolute atomic E-state index is 0.0529. The van der Waals surface area contributed by atoms with Crippen molar-refractivity contribution in [2.24, 2.45) is 0 Å². The Hall–Kier alpha value is -2.42. The number of esters is 1. The average molecular weight is 426 g/mol. The van der Waals surface area contributed by atoms with E-state index in [-0.39, 0.29) is 16.3 Å². The molecule has 0 aliphatic heterocycles. The van der Waals surface area contributed by atoms with Crippen molar-refractivity contribution in [3.8, 4) is 0 Å². The average Bonchev–Trinajstić information content (AvgIpc) is 2.58. The van der Waals surface area contributed by atoms with Gasteiger partial charge in [-0.25, -0.2) is 0 Å². The van der Waals surface area contributed by atoms with Crippen LogP contribution in [-0.4, -0.2) is 18.3 Å². The van der Waals surface area contributed by atoms with E-state index in [1.165, 1.54) is 24.3 Å². The zero-order chi connectivity index (χ0) is 21.3. The van der Waals surface area contributed by atoms with Gasteiger partial charge >= 0.3 is 23.9 Å². The van der Waals surface area contributed by atoms with Crippen LogP contribution in [0.25, 0.3) is 0 Å². The van der Waals surface area contributed by atoms with Crippen LogP contribution in [0.4, 0.5) is 32.0 Å². The van der Waals surface area contributed by atoms with Gasteiger partial charge in [0.15, 0.2) is 0 Å². The van der Waals surface area contributed by atoms with Crippen molar-refractivity contribution < 1.29 is 35.9 Å². The van der Waals surface area contributed by atoms with Gasteiger partial charge in [-0.05, 0) is 36.8 Å². The van der Waals surface area contributed by atoms with E-state index in [1.54, 1.807) is 0 Å². The summed E-state index contributed by atoms with van der Waals surface area (Å²) in [6.45, 7) is 1.13. The summed E-state index contributed by atoms with van der Waals surface area (Å²) in [5.74, 6) is -3.11. The molecule has 0 radical (unpaired) electrons. The lowest BCUT2D eigenvalue weighted by Gasteiger charge is -2.37. The molecule has 0 saturated heterocycles. The van der Waals surface area contributed by atoms with Gasteiger partial charge in [0.1, 0.15) is 0 Å². The van der Waals surface area contributed by atoms with Crippen LogP contribution >= 0.6 is 11.6 Å². The second-order valence-electron chi connectivity index (χ2n) is 5.99. The molecule has 0 aliphatic carbocycles. The molecule has 0 aliphatic rings. The van der Waals surface area contributed by atoms with Crippen molar-refractivity contribution in [1.29, 1.82) is 0 Å². The number of anilines is 1. The first-order valence-corrected chi connectivity index (χ1v) is 8.15. The predicted molar refractivity (Wildman–Crippen MR) is 90.6 cm³/mol. The van der Waals surface area contributed by atoms with E-state index in [0.717, 1.165) is 19.1 Å². The van der Waals surface area contributed by atoms with Crippen molar-refractivity contribution in [3.05, 3.63) is 64.7 Å². The summed E-state index contributed by atoms with van der Waals surface area (Å²) in [7, 11) is 0. The molecule has 0 bridgehead atoms. The van der Waals surface area contributed by atoms with Gasteiger partial charge in [-0.2, -0.15) is 26.3 Å². The monoisotopic (exact) mass is 425 g/mol. The number of carbonyl (C=O) groups is 1. The first-order chi connectivity index (χ1) is 12.8. The fourth-order valence-electron chi connectivity index (χ4n) is 2.51. The Morgan fingerprint density at radius 3 is 1.82 bits per heavy atom. The number of halogens is 7. The Kier molecular flexibility index (Phi) is 5.89. The Morgan fingerprint density at radius 1 is 0.929 bits per heavy atom. The van der Waals surface area contributed by atoms with Crippen LogP contribution in [0.2, 0.25) is 5.02 Å². The molecule has 2 aromatic rings. The van der Waals surface area contributed by atoms with E-state index in [9.17, 15) is 31.1 Å². The number of carbonyl (C=O) groups excluding carboxylic acids is 1. The second kappa shape index (κ2) is 7.54. The summed E-state index contributed by atoms with van der Waals surface area (Å²) in [5.41, 5.74) is -0.714. The van der Waals surface area contributed by atoms with E-state index in [1.807, 2.05) is 0 Å². The first kappa shape index (κ1) is 21.9.